The number of benzene rings is 1. The third kappa shape index (κ3) is 1.74. The summed E-state index contributed by atoms with van der Waals surface area (Å²) in [5, 5.41) is 0.764. The highest BCUT2D eigenvalue weighted by molar-refractivity contribution is 6.42. The Bertz CT molecular complexity index is 700. The molecule has 2 amide bonds. The number of hydrogen-bond donors (Lipinski definition) is 0. The smallest absolute Gasteiger partial charge is 0.241 e. The lowest BCUT2D eigenvalue weighted by atomic mass is 9.74. The highest BCUT2D eigenvalue weighted by Crippen LogP contribution is 2.57. The molecular weight excluding hydrogens is 309 g/mol. The fourth-order valence-electron chi connectivity index (χ4n) is 4.05. The number of allylic oxidation sites excluding steroid dienone is 2. The molecular formula is C16H13Cl2NO2. The Labute approximate surface area is 132 Å². The van der Waals surface area contributed by atoms with E-state index in [0.717, 1.165) is 12.8 Å². The summed E-state index contributed by atoms with van der Waals surface area (Å²) in [6.45, 7) is 0. The first-order chi connectivity index (χ1) is 10.0. The zero-order chi connectivity index (χ0) is 14.8. The van der Waals surface area contributed by atoms with Crippen LogP contribution in [0.25, 0.3) is 0 Å². The van der Waals surface area contributed by atoms with Crippen LogP contribution in [0.1, 0.15) is 19.3 Å². The molecule has 1 aromatic carbocycles. The van der Waals surface area contributed by atoms with Gasteiger partial charge in [0.1, 0.15) is 0 Å². The monoisotopic (exact) mass is 321 g/mol. The summed E-state index contributed by atoms with van der Waals surface area (Å²) in [6.07, 6.45) is 6.37. The van der Waals surface area contributed by atoms with E-state index in [1.165, 1.54) is 4.90 Å². The molecule has 0 aromatic heterocycles. The summed E-state index contributed by atoms with van der Waals surface area (Å²) in [5.74, 6) is 0.425. The van der Waals surface area contributed by atoms with Gasteiger partial charge in [-0.1, -0.05) is 35.4 Å². The molecule has 2 bridgehead atoms. The van der Waals surface area contributed by atoms with Crippen LogP contribution in [0, 0.1) is 17.3 Å². The Hall–Kier alpha value is -1.32. The molecule has 5 heteroatoms. The number of fused-ring (bicyclic) bond motifs is 3. The predicted molar refractivity (Wildman–Crippen MR) is 81.4 cm³/mol. The number of anilines is 1. The van der Waals surface area contributed by atoms with Crippen molar-refractivity contribution in [1.82, 2.24) is 0 Å². The highest BCUT2D eigenvalue weighted by atomic mass is 35.5. The molecule has 3 aliphatic rings. The number of imide groups is 1. The SMILES string of the molecule is O=C1C[C@@]2(C[C@H]3C=C[C@H]2C3)C(=O)N1c1ccc(Cl)c(Cl)c1. The predicted octanol–water partition coefficient (Wildman–Crippen LogP) is 3.84. The molecule has 1 saturated carbocycles. The maximum absolute atomic E-state index is 12.9. The molecule has 1 aromatic rings. The number of amides is 2. The first-order valence-corrected chi connectivity index (χ1v) is 7.78. The molecule has 1 spiro atoms. The van der Waals surface area contributed by atoms with E-state index in [1.807, 2.05) is 0 Å². The molecule has 2 aliphatic carbocycles. The third-order valence-corrected chi connectivity index (χ3v) is 5.75. The molecule has 0 N–H and O–H groups in total. The van der Waals surface area contributed by atoms with Gasteiger partial charge in [-0.3, -0.25) is 9.59 Å². The molecule has 21 heavy (non-hydrogen) atoms. The van der Waals surface area contributed by atoms with Crippen molar-refractivity contribution in [2.75, 3.05) is 4.90 Å². The molecule has 3 nitrogen and oxygen atoms in total. The summed E-state index contributed by atoms with van der Waals surface area (Å²) in [7, 11) is 0. The zero-order valence-corrected chi connectivity index (χ0v) is 12.7. The van der Waals surface area contributed by atoms with Crippen LogP contribution in [0.3, 0.4) is 0 Å². The van der Waals surface area contributed by atoms with Gasteiger partial charge in [0, 0.05) is 6.42 Å². The van der Waals surface area contributed by atoms with Crippen LogP contribution >= 0.6 is 23.2 Å². The molecule has 0 radical (unpaired) electrons. The Kier molecular flexibility index (Phi) is 2.76. The van der Waals surface area contributed by atoms with Crippen molar-refractivity contribution in [3.8, 4) is 0 Å². The zero-order valence-electron chi connectivity index (χ0n) is 11.2. The van der Waals surface area contributed by atoms with Crippen molar-refractivity contribution >= 4 is 40.7 Å². The van der Waals surface area contributed by atoms with Gasteiger partial charge < -0.3 is 0 Å². The van der Waals surface area contributed by atoms with Crippen molar-refractivity contribution in [3.05, 3.63) is 40.4 Å². The summed E-state index contributed by atoms with van der Waals surface area (Å²) in [6, 6.07) is 4.87. The van der Waals surface area contributed by atoms with Gasteiger partial charge in [-0.2, -0.15) is 0 Å². The number of rotatable bonds is 1. The molecule has 1 heterocycles. The largest absolute Gasteiger partial charge is 0.274 e. The van der Waals surface area contributed by atoms with E-state index in [2.05, 4.69) is 12.2 Å². The molecule has 108 valence electrons. The van der Waals surface area contributed by atoms with Gasteiger partial charge in [-0.25, -0.2) is 4.90 Å². The fourth-order valence-corrected chi connectivity index (χ4v) is 4.34. The number of halogens is 2. The molecule has 0 unspecified atom stereocenters. The van der Waals surface area contributed by atoms with E-state index in [1.54, 1.807) is 18.2 Å². The molecule has 2 fully saturated rings. The van der Waals surface area contributed by atoms with Gasteiger partial charge in [-0.15, -0.1) is 0 Å². The van der Waals surface area contributed by atoms with Gasteiger partial charge >= 0.3 is 0 Å². The molecule has 3 atom stereocenters. The van der Waals surface area contributed by atoms with E-state index < -0.39 is 5.41 Å². The van der Waals surface area contributed by atoms with Crippen molar-refractivity contribution in [3.63, 3.8) is 0 Å². The van der Waals surface area contributed by atoms with Crippen LogP contribution in [0.15, 0.2) is 30.4 Å². The number of hydrogen-bond acceptors (Lipinski definition) is 2. The van der Waals surface area contributed by atoms with E-state index in [9.17, 15) is 9.59 Å². The summed E-state index contributed by atoms with van der Waals surface area (Å²) in [5.41, 5.74) is -0.00849. The van der Waals surface area contributed by atoms with Gasteiger partial charge in [-0.05, 0) is 42.9 Å². The summed E-state index contributed by atoms with van der Waals surface area (Å²) in [4.78, 5) is 26.6. The van der Waals surface area contributed by atoms with Crippen LogP contribution in [-0.2, 0) is 9.59 Å². The van der Waals surface area contributed by atoms with Crippen LogP contribution in [0.5, 0.6) is 0 Å². The average molecular weight is 322 g/mol. The first-order valence-electron chi connectivity index (χ1n) is 7.02. The lowest BCUT2D eigenvalue weighted by Gasteiger charge is -2.28. The van der Waals surface area contributed by atoms with E-state index >= 15 is 0 Å². The quantitative estimate of drug-likeness (QED) is 0.582. The van der Waals surface area contributed by atoms with Gasteiger partial charge in [0.25, 0.3) is 0 Å². The maximum atomic E-state index is 12.9. The van der Waals surface area contributed by atoms with Crippen LogP contribution in [-0.4, -0.2) is 11.8 Å². The standard InChI is InChI=1S/C16H13Cl2NO2/c17-12-4-3-11(6-13(12)18)19-14(20)8-16(15(19)21)7-9-1-2-10(16)5-9/h1-4,6,9-10H,5,7-8H2/t9-,10-,16+/m0/s1. The Morgan fingerprint density at radius 2 is 1.95 bits per heavy atom. The lowest BCUT2D eigenvalue weighted by molar-refractivity contribution is -0.126. The fraction of sp³-hybridized carbons (Fsp3) is 0.375. The van der Waals surface area contributed by atoms with E-state index in [-0.39, 0.29) is 17.7 Å². The molecule has 4 rings (SSSR count). The van der Waals surface area contributed by atoms with Crippen LogP contribution in [0.2, 0.25) is 10.0 Å². The Balaban J connectivity index is 1.74. The Morgan fingerprint density at radius 3 is 2.57 bits per heavy atom. The van der Waals surface area contributed by atoms with Gasteiger partial charge in [0.2, 0.25) is 11.8 Å². The minimum Gasteiger partial charge on any atom is -0.274 e. The average Bonchev–Trinajstić information content (AvgIpc) is 3.09. The van der Waals surface area contributed by atoms with Crippen molar-refractivity contribution in [2.24, 2.45) is 17.3 Å². The first kappa shape index (κ1) is 13.4. The number of carbonyl (C=O) groups excluding carboxylic acids is 2. The second-order valence-electron chi connectivity index (χ2n) is 6.16. The van der Waals surface area contributed by atoms with E-state index in [4.69, 9.17) is 23.2 Å². The van der Waals surface area contributed by atoms with E-state index in [0.29, 0.717) is 28.1 Å². The van der Waals surface area contributed by atoms with Crippen LogP contribution in [0.4, 0.5) is 5.69 Å². The highest BCUT2D eigenvalue weighted by Gasteiger charge is 2.60. The second kappa shape index (κ2) is 4.34. The molecule has 1 aliphatic heterocycles. The maximum Gasteiger partial charge on any atom is 0.241 e. The van der Waals surface area contributed by atoms with Gasteiger partial charge in [0.05, 0.1) is 21.1 Å². The third-order valence-electron chi connectivity index (χ3n) is 5.01. The minimum absolute atomic E-state index is 0.0808. The summed E-state index contributed by atoms with van der Waals surface area (Å²) >= 11 is 11.9. The lowest BCUT2D eigenvalue weighted by Crippen LogP contribution is -2.38. The number of nitrogens with zero attached hydrogens (tertiary/aromatic N) is 1. The van der Waals surface area contributed by atoms with Crippen molar-refractivity contribution in [2.45, 2.75) is 19.3 Å². The van der Waals surface area contributed by atoms with Gasteiger partial charge in [0.15, 0.2) is 0 Å². The van der Waals surface area contributed by atoms with Crippen molar-refractivity contribution in [1.29, 1.82) is 0 Å². The molecule has 1 saturated heterocycles. The van der Waals surface area contributed by atoms with Crippen molar-refractivity contribution < 1.29 is 9.59 Å². The Morgan fingerprint density at radius 1 is 1.14 bits per heavy atom. The normalized spacial score (nSPS) is 33.7. The van der Waals surface area contributed by atoms with Crippen LogP contribution < -0.4 is 4.90 Å². The number of carbonyl (C=O) groups is 2. The minimum atomic E-state index is -0.525. The second-order valence-corrected chi connectivity index (χ2v) is 6.97. The topological polar surface area (TPSA) is 37.4 Å². The summed E-state index contributed by atoms with van der Waals surface area (Å²) < 4.78 is 0.